The van der Waals surface area contributed by atoms with Crippen molar-refractivity contribution in [3.05, 3.63) is 95.3 Å². The Labute approximate surface area is 200 Å². The lowest BCUT2D eigenvalue weighted by Crippen LogP contribution is -2.54. The number of ether oxygens (including phenoxy) is 1. The van der Waals surface area contributed by atoms with Crippen LogP contribution in [0.3, 0.4) is 0 Å². The highest BCUT2D eigenvalue weighted by Crippen LogP contribution is 2.23. The predicted octanol–water partition coefficient (Wildman–Crippen LogP) is 3.82. The van der Waals surface area contributed by atoms with Gasteiger partial charge in [0.05, 0.1) is 5.69 Å². The van der Waals surface area contributed by atoms with E-state index >= 15 is 0 Å². The molecule has 8 nitrogen and oxygen atoms in total. The topological polar surface area (TPSA) is 105 Å². The summed E-state index contributed by atoms with van der Waals surface area (Å²) in [6.45, 7) is 1.75. The zero-order valence-electron chi connectivity index (χ0n) is 18.6. The van der Waals surface area contributed by atoms with Crippen molar-refractivity contribution in [1.82, 2.24) is 5.32 Å². The van der Waals surface area contributed by atoms with Gasteiger partial charge in [-0.2, -0.15) is 0 Å². The van der Waals surface area contributed by atoms with Crippen molar-refractivity contribution in [1.29, 1.82) is 0 Å². The summed E-state index contributed by atoms with van der Waals surface area (Å²) in [5.74, 6) is -2.12. The summed E-state index contributed by atoms with van der Waals surface area (Å²) in [7, 11) is 0. The minimum Gasteiger partial charge on any atom is -0.484 e. The van der Waals surface area contributed by atoms with Gasteiger partial charge in [0.25, 0.3) is 17.7 Å². The number of hydrogen-bond donors (Lipinski definition) is 2. The van der Waals surface area contributed by atoms with Crippen molar-refractivity contribution in [2.24, 2.45) is 0 Å². The largest absolute Gasteiger partial charge is 0.484 e. The van der Waals surface area contributed by atoms with Crippen LogP contribution in [0, 0.1) is 12.7 Å². The third-order valence-corrected chi connectivity index (χ3v) is 5.08. The van der Waals surface area contributed by atoms with E-state index < -0.39 is 23.7 Å². The van der Waals surface area contributed by atoms with Gasteiger partial charge in [0.2, 0.25) is 0 Å². The van der Waals surface area contributed by atoms with Crippen molar-refractivity contribution < 1.29 is 28.3 Å². The van der Waals surface area contributed by atoms with Gasteiger partial charge in [0.1, 0.15) is 17.1 Å². The molecule has 1 heterocycles. The summed E-state index contributed by atoms with van der Waals surface area (Å²) in [5, 5.41) is 4.84. The molecule has 0 aliphatic carbocycles. The molecule has 5 amide bonds. The number of nitrogens with zero attached hydrogens (tertiary/aromatic N) is 1. The first-order chi connectivity index (χ1) is 16.8. The van der Waals surface area contributed by atoms with Gasteiger partial charge in [-0.05, 0) is 67.1 Å². The Morgan fingerprint density at radius 1 is 0.971 bits per heavy atom. The average Bonchev–Trinajstić information content (AvgIpc) is 2.84. The van der Waals surface area contributed by atoms with Gasteiger partial charge in [-0.25, -0.2) is 14.1 Å². The van der Waals surface area contributed by atoms with E-state index in [-0.39, 0.29) is 23.8 Å². The maximum atomic E-state index is 13.2. The number of nitrogens with one attached hydrogen (secondary N) is 2. The fourth-order valence-corrected chi connectivity index (χ4v) is 3.29. The molecule has 1 fully saturated rings. The van der Waals surface area contributed by atoms with E-state index in [0.29, 0.717) is 17.0 Å². The zero-order chi connectivity index (χ0) is 24.9. The number of hydrogen-bond acceptors (Lipinski definition) is 5. The van der Waals surface area contributed by atoms with Crippen LogP contribution in [0.15, 0.2) is 78.4 Å². The number of carbonyl (C=O) groups excluding carboxylic acids is 4. The average molecular weight is 473 g/mol. The summed E-state index contributed by atoms with van der Waals surface area (Å²) in [6, 6.07) is 17.5. The molecule has 2 N–H and O–H groups in total. The molecule has 0 unspecified atom stereocenters. The van der Waals surface area contributed by atoms with E-state index in [0.717, 1.165) is 22.6 Å². The second kappa shape index (κ2) is 10.0. The van der Waals surface area contributed by atoms with Crippen LogP contribution in [0.5, 0.6) is 5.75 Å². The third-order valence-electron chi connectivity index (χ3n) is 5.08. The molecule has 0 aromatic heterocycles. The molecule has 0 atom stereocenters. The van der Waals surface area contributed by atoms with Crippen molar-refractivity contribution in [3.8, 4) is 5.75 Å². The predicted molar refractivity (Wildman–Crippen MR) is 127 cm³/mol. The number of amides is 5. The Hall–Kier alpha value is -4.79. The molecule has 1 aliphatic rings. The molecule has 176 valence electrons. The maximum absolute atomic E-state index is 13.2. The molecular weight excluding hydrogens is 453 g/mol. The minimum atomic E-state index is -0.920. The molecular formula is C26H20FN3O5. The van der Waals surface area contributed by atoms with Crippen LogP contribution in [-0.2, 0) is 14.4 Å². The number of barbiturate groups is 1. The van der Waals surface area contributed by atoms with E-state index in [4.69, 9.17) is 4.74 Å². The first kappa shape index (κ1) is 23.4. The number of carbonyl (C=O) groups is 4. The third kappa shape index (κ3) is 5.59. The fourth-order valence-electron chi connectivity index (χ4n) is 3.29. The minimum absolute atomic E-state index is 0.125. The number of benzene rings is 3. The van der Waals surface area contributed by atoms with Crippen LogP contribution in [-0.4, -0.2) is 30.4 Å². The standard InChI is InChI=1S/C26H20FN3O5/c1-16-2-8-19(9-3-16)28-23(31)15-35-21-12-4-17(5-13-21)14-22-24(32)29-26(34)30(25(22)33)20-10-6-18(27)7-11-20/h2-14H,15H2,1H3,(H,28,31)(H,29,32,34)/b22-14+. The maximum Gasteiger partial charge on any atom is 0.335 e. The first-order valence-electron chi connectivity index (χ1n) is 10.6. The molecule has 9 heteroatoms. The lowest BCUT2D eigenvalue weighted by atomic mass is 10.1. The molecule has 0 spiro atoms. The van der Waals surface area contributed by atoms with E-state index in [1.54, 1.807) is 36.4 Å². The van der Waals surface area contributed by atoms with Crippen molar-refractivity contribution >= 4 is 41.2 Å². The van der Waals surface area contributed by atoms with Crippen LogP contribution in [0.25, 0.3) is 6.08 Å². The number of rotatable bonds is 6. The highest BCUT2D eigenvalue weighted by Gasteiger charge is 2.36. The van der Waals surface area contributed by atoms with E-state index in [1.807, 2.05) is 19.1 Å². The molecule has 0 bridgehead atoms. The van der Waals surface area contributed by atoms with Crippen LogP contribution in [0.4, 0.5) is 20.6 Å². The molecule has 1 aliphatic heterocycles. The molecule has 4 rings (SSSR count). The normalized spacial score (nSPS) is 14.6. The molecule has 0 saturated carbocycles. The zero-order valence-corrected chi connectivity index (χ0v) is 18.6. The number of halogens is 1. The van der Waals surface area contributed by atoms with Gasteiger partial charge in [0, 0.05) is 5.69 Å². The molecule has 3 aromatic carbocycles. The van der Waals surface area contributed by atoms with Crippen molar-refractivity contribution in [2.45, 2.75) is 6.92 Å². The Balaban J connectivity index is 1.42. The quantitative estimate of drug-likeness (QED) is 0.418. The summed E-state index contributed by atoms with van der Waals surface area (Å²) < 4.78 is 18.7. The summed E-state index contributed by atoms with van der Waals surface area (Å²) in [6.07, 6.45) is 1.33. The van der Waals surface area contributed by atoms with Gasteiger partial charge in [-0.1, -0.05) is 29.8 Å². The highest BCUT2D eigenvalue weighted by atomic mass is 19.1. The lowest BCUT2D eigenvalue weighted by molar-refractivity contribution is -0.122. The second-order valence-electron chi connectivity index (χ2n) is 7.71. The Bertz CT molecular complexity index is 1320. The van der Waals surface area contributed by atoms with Crippen LogP contribution >= 0.6 is 0 Å². The van der Waals surface area contributed by atoms with Crippen molar-refractivity contribution in [2.75, 3.05) is 16.8 Å². The van der Waals surface area contributed by atoms with E-state index in [2.05, 4.69) is 10.6 Å². The Morgan fingerprint density at radius 3 is 2.29 bits per heavy atom. The molecule has 35 heavy (non-hydrogen) atoms. The van der Waals surface area contributed by atoms with Crippen LogP contribution in [0.2, 0.25) is 0 Å². The van der Waals surface area contributed by atoms with Gasteiger partial charge in [-0.15, -0.1) is 0 Å². The second-order valence-corrected chi connectivity index (χ2v) is 7.71. The smallest absolute Gasteiger partial charge is 0.335 e. The lowest BCUT2D eigenvalue weighted by Gasteiger charge is -2.26. The van der Waals surface area contributed by atoms with Gasteiger partial charge >= 0.3 is 6.03 Å². The SMILES string of the molecule is Cc1ccc(NC(=O)COc2ccc(/C=C3\C(=O)NC(=O)N(c4ccc(F)cc4)C3=O)cc2)cc1. The van der Waals surface area contributed by atoms with Crippen LogP contribution < -0.4 is 20.3 Å². The Kier molecular flexibility index (Phi) is 6.68. The van der Waals surface area contributed by atoms with Crippen LogP contribution in [0.1, 0.15) is 11.1 Å². The van der Waals surface area contributed by atoms with Gasteiger partial charge < -0.3 is 10.1 Å². The summed E-state index contributed by atoms with van der Waals surface area (Å²) >= 11 is 0. The molecule has 1 saturated heterocycles. The number of urea groups is 1. The van der Waals surface area contributed by atoms with E-state index in [9.17, 15) is 23.6 Å². The van der Waals surface area contributed by atoms with Crippen molar-refractivity contribution in [3.63, 3.8) is 0 Å². The van der Waals surface area contributed by atoms with E-state index in [1.165, 1.54) is 18.2 Å². The number of anilines is 2. The number of imide groups is 2. The Morgan fingerprint density at radius 2 is 1.63 bits per heavy atom. The summed E-state index contributed by atoms with van der Waals surface area (Å²) in [4.78, 5) is 50.2. The molecule has 3 aromatic rings. The monoisotopic (exact) mass is 473 g/mol. The summed E-state index contributed by atoms with van der Waals surface area (Å²) in [5.41, 5.74) is 2.10. The first-order valence-corrected chi connectivity index (χ1v) is 10.6. The fraction of sp³-hybridized carbons (Fsp3) is 0.0769. The van der Waals surface area contributed by atoms with Gasteiger partial charge in [0.15, 0.2) is 6.61 Å². The number of aryl methyl sites for hydroxylation is 1. The highest BCUT2D eigenvalue weighted by molar-refractivity contribution is 6.39. The molecule has 0 radical (unpaired) electrons. The van der Waals surface area contributed by atoms with Gasteiger partial charge in [-0.3, -0.25) is 19.7 Å².